The van der Waals surface area contributed by atoms with E-state index in [1.165, 1.54) is 18.2 Å². The summed E-state index contributed by atoms with van der Waals surface area (Å²) in [5.41, 5.74) is -0.0213. The van der Waals surface area contributed by atoms with Crippen molar-refractivity contribution in [3.63, 3.8) is 0 Å². The second-order valence-corrected chi connectivity index (χ2v) is 4.64. The lowest BCUT2D eigenvalue weighted by Crippen LogP contribution is -2.44. The molecule has 0 spiro atoms. The molecule has 0 amide bonds. The lowest BCUT2D eigenvalue weighted by atomic mass is 9.90. The number of hydrogen-bond donors (Lipinski definition) is 0. The van der Waals surface area contributed by atoms with Crippen LogP contribution in [0.5, 0.6) is 5.75 Å². The lowest BCUT2D eigenvalue weighted by molar-refractivity contribution is -0.386. The molecule has 0 aliphatic carbocycles. The molecule has 0 unspecified atom stereocenters. The van der Waals surface area contributed by atoms with Gasteiger partial charge in [-0.15, -0.1) is 0 Å². The molecular weight excluding hydrogens is 236 g/mol. The summed E-state index contributed by atoms with van der Waals surface area (Å²) < 4.78 is 10.6. The Morgan fingerprint density at radius 3 is 2.83 bits per heavy atom. The molecule has 1 heterocycles. The molecule has 18 heavy (non-hydrogen) atoms. The molecule has 1 aromatic rings. The molecule has 0 saturated carbocycles. The third-order valence-electron chi connectivity index (χ3n) is 2.76. The number of nitro benzene ring substituents is 1. The van der Waals surface area contributed by atoms with Crippen molar-refractivity contribution in [3.8, 4) is 11.8 Å². The van der Waals surface area contributed by atoms with Gasteiger partial charge in [-0.3, -0.25) is 10.1 Å². The van der Waals surface area contributed by atoms with Crippen LogP contribution in [0.1, 0.15) is 12.5 Å². The molecule has 6 nitrogen and oxygen atoms in total. The van der Waals surface area contributed by atoms with Gasteiger partial charge in [-0.05, 0) is 12.1 Å². The Balaban J connectivity index is 2.16. The van der Waals surface area contributed by atoms with Crippen molar-refractivity contribution in [1.29, 1.82) is 5.26 Å². The van der Waals surface area contributed by atoms with E-state index in [0.29, 0.717) is 19.8 Å². The van der Waals surface area contributed by atoms with Gasteiger partial charge in [0.15, 0.2) is 5.75 Å². The van der Waals surface area contributed by atoms with Gasteiger partial charge in [0.05, 0.1) is 36.4 Å². The Labute approximate surface area is 104 Å². The fourth-order valence-corrected chi connectivity index (χ4v) is 1.64. The van der Waals surface area contributed by atoms with Gasteiger partial charge in [-0.1, -0.05) is 6.92 Å². The molecule has 94 valence electrons. The van der Waals surface area contributed by atoms with Gasteiger partial charge < -0.3 is 9.47 Å². The van der Waals surface area contributed by atoms with E-state index in [2.05, 4.69) is 0 Å². The minimum absolute atomic E-state index is 0.0816. The molecule has 1 aliphatic rings. The molecule has 0 atom stereocenters. The molecule has 2 rings (SSSR count). The maximum absolute atomic E-state index is 10.9. The fraction of sp³-hybridized carbons (Fsp3) is 0.417. The Bertz CT molecular complexity index is 517. The van der Waals surface area contributed by atoms with Crippen LogP contribution in [0, 0.1) is 26.9 Å². The van der Waals surface area contributed by atoms with E-state index in [0.717, 1.165) is 0 Å². The highest BCUT2D eigenvalue weighted by Crippen LogP contribution is 2.32. The summed E-state index contributed by atoms with van der Waals surface area (Å²) in [6.45, 7) is 3.54. The van der Waals surface area contributed by atoms with Crippen molar-refractivity contribution in [1.82, 2.24) is 0 Å². The molecular formula is C12H12N2O4. The van der Waals surface area contributed by atoms with Crippen molar-refractivity contribution in [3.05, 3.63) is 33.9 Å². The van der Waals surface area contributed by atoms with Crippen LogP contribution >= 0.6 is 0 Å². The van der Waals surface area contributed by atoms with Crippen molar-refractivity contribution in [2.24, 2.45) is 5.41 Å². The van der Waals surface area contributed by atoms with E-state index in [1.54, 1.807) is 0 Å². The molecule has 0 aromatic heterocycles. The maximum Gasteiger partial charge on any atom is 0.312 e. The van der Waals surface area contributed by atoms with E-state index < -0.39 is 4.92 Å². The van der Waals surface area contributed by atoms with Crippen molar-refractivity contribution in [2.45, 2.75) is 6.92 Å². The SMILES string of the molecule is CC1(COc2ccc(C#N)cc2[N+](=O)[O-])COC1. The van der Waals surface area contributed by atoms with Crippen LogP contribution in [0.2, 0.25) is 0 Å². The molecule has 0 N–H and O–H groups in total. The highest BCUT2D eigenvalue weighted by atomic mass is 16.6. The number of nitro groups is 1. The zero-order valence-corrected chi connectivity index (χ0v) is 9.88. The third kappa shape index (κ3) is 2.41. The third-order valence-corrected chi connectivity index (χ3v) is 2.76. The minimum atomic E-state index is -0.546. The van der Waals surface area contributed by atoms with Crippen LogP contribution in [-0.4, -0.2) is 24.7 Å². The van der Waals surface area contributed by atoms with Crippen LogP contribution in [-0.2, 0) is 4.74 Å². The standard InChI is InChI=1S/C12H12N2O4/c1-12(6-17-7-12)8-18-11-3-2-9(5-13)4-10(11)14(15)16/h2-4H,6-8H2,1H3. The summed E-state index contributed by atoms with van der Waals surface area (Å²) in [7, 11) is 0. The predicted molar refractivity (Wildman–Crippen MR) is 62.2 cm³/mol. The molecule has 1 aliphatic heterocycles. The molecule has 6 heteroatoms. The van der Waals surface area contributed by atoms with E-state index in [1.807, 2.05) is 13.0 Å². The summed E-state index contributed by atoms with van der Waals surface area (Å²) in [5, 5.41) is 19.6. The van der Waals surface area contributed by atoms with Gasteiger partial charge in [0.1, 0.15) is 0 Å². The first kappa shape index (κ1) is 12.3. The lowest BCUT2D eigenvalue weighted by Gasteiger charge is -2.37. The zero-order chi connectivity index (χ0) is 13.2. The minimum Gasteiger partial charge on any atom is -0.486 e. The van der Waals surface area contributed by atoms with Gasteiger partial charge in [0.2, 0.25) is 0 Å². The van der Waals surface area contributed by atoms with Crippen LogP contribution in [0.15, 0.2) is 18.2 Å². The average molecular weight is 248 g/mol. The number of ether oxygens (including phenoxy) is 2. The van der Waals surface area contributed by atoms with Gasteiger partial charge in [-0.2, -0.15) is 5.26 Å². The van der Waals surface area contributed by atoms with Gasteiger partial charge in [0.25, 0.3) is 0 Å². The van der Waals surface area contributed by atoms with Crippen molar-refractivity contribution < 1.29 is 14.4 Å². The molecule has 1 fully saturated rings. The van der Waals surface area contributed by atoms with Crippen LogP contribution in [0.4, 0.5) is 5.69 Å². The average Bonchev–Trinajstić information content (AvgIpc) is 2.33. The van der Waals surface area contributed by atoms with Crippen molar-refractivity contribution >= 4 is 5.69 Å². The maximum atomic E-state index is 10.9. The Kier molecular flexibility index (Phi) is 3.17. The van der Waals surface area contributed by atoms with E-state index >= 15 is 0 Å². The quantitative estimate of drug-likeness (QED) is 0.599. The summed E-state index contributed by atoms with van der Waals surface area (Å²) in [5.74, 6) is 0.187. The first-order chi connectivity index (χ1) is 8.54. The van der Waals surface area contributed by atoms with E-state index in [-0.39, 0.29) is 22.4 Å². The summed E-state index contributed by atoms with van der Waals surface area (Å²) in [4.78, 5) is 10.3. The summed E-state index contributed by atoms with van der Waals surface area (Å²) >= 11 is 0. The predicted octanol–water partition coefficient (Wildman–Crippen LogP) is 1.88. The number of nitriles is 1. The van der Waals surface area contributed by atoms with Gasteiger partial charge in [0, 0.05) is 11.5 Å². The van der Waals surface area contributed by atoms with Gasteiger partial charge in [-0.25, -0.2) is 0 Å². The van der Waals surface area contributed by atoms with Crippen LogP contribution in [0.3, 0.4) is 0 Å². The van der Waals surface area contributed by atoms with Crippen LogP contribution in [0.25, 0.3) is 0 Å². The second-order valence-electron chi connectivity index (χ2n) is 4.64. The highest BCUT2D eigenvalue weighted by Gasteiger charge is 2.34. The molecule has 1 saturated heterocycles. The number of nitrogens with zero attached hydrogens (tertiary/aromatic N) is 2. The normalized spacial score (nSPS) is 16.4. The fourth-order valence-electron chi connectivity index (χ4n) is 1.64. The first-order valence-electron chi connectivity index (χ1n) is 5.43. The second kappa shape index (κ2) is 4.63. The van der Waals surface area contributed by atoms with E-state index in [4.69, 9.17) is 14.7 Å². The largest absolute Gasteiger partial charge is 0.486 e. The smallest absolute Gasteiger partial charge is 0.312 e. The van der Waals surface area contributed by atoms with Crippen molar-refractivity contribution in [2.75, 3.05) is 19.8 Å². The molecule has 0 bridgehead atoms. The molecule has 0 radical (unpaired) electrons. The van der Waals surface area contributed by atoms with E-state index in [9.17, 15) is 10.1 Å². The zero-order valence-electron chi connectivity index (χ0n) is 9.88. The highest BCUT2D eigenvalue weighted by molar-refractivity contribution is 5.51. The number of benzene rings is 1. The summed E-state index contributed by atoms with van der Waals surface area (Å²) in [6, 6.07) is 6.04. The monoisotopic (exact) mass is 248 g/mol. The number of rotatable bonds is 4. The molecule has 1 aromatic carbocycles. The first-order valence-corrected chi connectivity index (χ1v) is 5.43. The van der Waals surface area contributed by atoms with Gasteiger partial charge >= 0.3 is 5.69 Å². The van der Waals surface area contributed by atoms with Crippen LogP contribution < -0.4 is 4.74 Å². The number of hydrogen-bond acceptors (Lipinski definition) is 5. The Morgan fingerprint density at radius 2 is 2.33 bits per heavy atom. The Hall–Kier alpha value is -2.13. The Morgan fingerprint density at radius 1 is 1.61 bits per heavy atom. The topological polar surface area (TPSA) is 85.4 Å². The summed E-state index contributed by atoms with van der Waals surface area (Å²) in [6.07, 6.45) is 0.